The average Bonchev–Trinajstić information content (AvgIpc) is 2.28. The van der Waals surface area contributed by atoms with Crippen molar-refractivity contribution in [1.29, 1.82) is 0 Å². The molecule has 0 heterocycles. The van der Waals surface area contributed by atoms with E-state index in [0.29, 0.717) is 0 Å². The summed E-state index contributed by atoms with van der Waals surface area (Å²) >= 11 is 0. The van der Waals surface area contributed by atoms with Gasteiger partial charge in [0.15, 0.2) is 0 Å². The molecule has 0 atom stereocenters. The predicted molar refractivity (Wildman–Crippen MR) is 72.3 cm³/mol. The molecule has 0 amide bonds. The molecule has 1 nitrogen and oxygen atoms in total. The number of hydrogen-bond donors (Lipinski definition) is 1. The molecule has 0 saturated carbocycles. The van der Waals surface area contributed by atoms with Crippen LogP contribution in [0.15, 0.2) is 43.0 Å². The Morgan fingerprint density at radius 3 is 2.69 bits per heavy atom. The second kappa shape index (κ2) is 6.16. The van der Waals surface area contributed by atoms with Crippen molar-refractivity contribution < 1.29 is 0 Å². The molecular weight excluding hydrogens is 194 g/mol. The van der Waals surface area contributed by atoms with Crippen LogP contribution in [0.2, 0.25) is 0 Å². The highest BCUT2D eigenvalue weighted by atomic mass is 14.9. The lowest BCUT2D eigenvalue weighted by Gasteiger charge is -2.10. The van der Waals surface area contributed by atoms with E-state index in [2.05, 4.69) is 49.7 Å². The van der Waals surface area contributed by atoms with E-state index in [9.17, 15) is 0 Å². The fourth-order valence-corrected chi connectivity index (χ4v) is 1.51. The van der Waals surface area contributed by atoms with Gasteiger partial charge in [0.05, 0.1) is 0 Å². The Kier molecular flexibility index (Phi) is 4.84. The monoisotopic (exact) mass is 215 g/mol. The highest BCUT2D eigenvalue weighted by Gasteiger charge is 1.98. The Morgan fingerprint density at radius 2 is 2.06 bits per heavy atom. The molecule has 0 bridgehead atoms. The Hall–Kier alpha value is -1.50. The van der Waals surface area contributed by atoms with E-state index in [4.69, 9.17) is 0 Å². The lowest BCUT2D eigenvalue weighted by Crippen LogP contribution is -2.13. The summed E-state index contributed by atoms with van der Waals surface area (Å²) < 4.78 is 0. The molecule has 1 aromatic rings. The number of benzene rings is 1. The number of aryl methyl sites for hydroxylation is 1. The van der Waals surface area contributed by atoms with Crippen LogP contribution in [0.25, 0.3) is 5.70 Å². The van der Waals surface area contributed by atoms with Gasteiger partial charge in [0.1, 0.15) is 0 Å². The van der Waals surface area contributed by atoms with Crippen molar-refractivity contribution in [2.24, 2.45) is 0 Å². The van der Waals surface area contributed by atoms with Gasteiger partial charge in [-0.05, 0) is 37.0 Å². The number of nitrogens with one attached hydrogen (secondary N) is 1. The summed E-state index contributed by atoms with van der Waals surface area (Å²) in [5, 5.41) is 3.33. The lowest BCUT2D eigenvalue weighted by molar-refractivity contribution is 0.842. The van der Waals surface area contributed by atoms with Crippen molar-refractivity contribution in [2.45, 2.75) is 26.7 Å². The predicted octanol–water partition coefficient (Wildman–Crippen LogP) is 3.78. The zero-order chi connectivity index (χ0) is 12.0. The summed E-state index contributed by atoms with van der Waals surface area (Å²) in [4.78, 5) is 0. The molecule has 16 heavy (non-hydrogen) atoms. The number of rotatable bonds is 6. The third-order valence-electron chi connectivity index (χ3n) is 2.57. The van der Waals surface area contributed by atoms with Crippen molar-refractivity contribution in [1.82, 2.24) is 5.32 Å². The summed E-state index contributed by atoms with van der Waals surface area (Å²) in [7, 11) is 0. The van der Waals surface area contributed by atoms with Crippen LogP contribution in [-0.2, 0) is 6.42 Å². The quantitative estimate of drug-likeness (QED) is 0.712. The first-order chi connectivity index (χ1) is 7.63. The molecule has 86 valence electrons. The normalized spacial score (nSPS) is 9.88. The van der Waals surface area contributed by atoms with Crippen molar-refractivity contribution in [3.63, 3.8) is 0 Å². The molecule has 0 aromatic heterocycles. The summed E-state index contributed by atoms with van der Waals surface area (Å²) in [6.45, 7) is 13.1. The molecule has 0 spiro atoms. The van der Waals surface area contributed by atoms with Gasteiger partial charge >= 0.3 is 0 Å². The number of hydrogen-bond acceptors (Lipinski definition) is 1. The van der Waals surface area contributed by atoms with Crippen LogP contribution in [0.3, 0.4) is 0 Å². The highest BCUT2D eigenvalue weighted by Crippen LogP contribution is 2.12. The SMILES string of the molecule is C=C(C)CCNC(=C)c1cccc(CC)c1. The van der Waals surface area contributed by atoms with E-state index < -0.39 is 0 Å². The second-order valence-corrected chi connectivity index (χ2v) is 4.17. The molecule has 1 aromatic carbocycles. The van der Waals surface area contributed by atoms with Crippen LogP contribution in [-0.4, -0.2) is 6.54 Å². The van der Waals surface area contributed by atoms with Gasteiger partial charge in [0, 0.05) is 12.2 Å². The van der Waals surface area contributed by atoms with Gasteiger partial charge < -0.3 is 5.32 Å². The first-order valence-corrected chi connectivity index (χ1v) is 5.80. The molecule has 0 aliphatic heterocycles. The van der Waals surface area contributed by atoms with Crippen LogP contribution in [0.5, 0.6) is 0 Å². The maximum absolute atomic E-state index is 4.06. The van der Waals surface area contributed by atoms with Crippen LogP contribution in [0.1, 0.15) is 31.4 Å². The minimum absolute atomic E-state index is 0.907. The second-order valence-electron chi connectivity index (χ2n) is 4.17. The van der Waals surface area contributed by atoms with Crippen molar-refractivity contribution in [2.75, 3.05) is 6.54 Å². The summed E-state index contributed by atoms with van der Waals surface area (Å²) in [5.74, 6) is 0. The Morgan fingerprint density at radius 1 is 1.31 bits per heavy atom. The van der Waals surface area contributed by atoms with Crippen LogP contribution in [0.4, 0.5) is 0 Å². The zero-order valence-electron chi connectivity index (χ0n) is 10.3. The summed E-state index contributed by atoms with van der Waals surface area (Å²) in [5.41, 5.74) is 4.72. The molecule has 0 saturated heterocycles. The first kappa shape index (κ1) is 12.6. The van der Waals surface area contributed by atoms with Gasteiger partial charge in [-0.15, -0.1) is 6.58 Å². The average molecular weight is 215 g/mol. The maximum Gasteiger partial charge on any atom is 0.0340 e. The molecule has 1 heteroatoms. The highest BCUT2D eigenvalue weighted by molar-refractivity contribution is 5.62. The van der Waals surface area contributed by atoms with Crippen LogP contribution in [0, 0.1) is 0 Å². The van der Waals surface area contributed by atoms with E-state index in [1.165, 1.54) is 16.7 Å². The fourth-order valence-electron chi connectivity index (χ4n) is 1.51. The van der Waals surface area contributed by atoms with Gasteiger partial charge in [-0.25, -0.2) is 0 Å². The Balaban J connectivity index is 2.55. The molecule has 0 aliphatic carbocycles. The van der Waals surface area contributed by atoms with E-state index in [1.54, 1.807) is 0 Å². The summed E-state index contributed by atoms with van der Waals surface area (Å²) in [6.07, 6.45) is 2.05. The smallest absolute Gasteiger partial charge is 0.0340 e. The minimum atomic E-state index is 0.907. The van der Waals surface area contributed by atoms with Crippen molar-refractivity contribution >= 4 is 5.70 Å². The Bertz CT molecular complexity index is 377. The first-order valence-electron chi connectivity index (χ1n) is 5.80. The van der Waals surface area contributed by atoms with Gasteiger partial charge in [-0.1, -0.05) is 37.3 Å². The molecule has 0 radical (unpaired) electrons. The maximum atomic E-state index is 4.06. The van der Waals surface area contributed by atoms with E-state index >= 15 is 0 Å². The third-order valence-corrected chi connectivity index (χ3v) is 2.57. The molecule has 1 N–H and O–H groups in total. The largest absolute Gasteiger partial charge is 0.385 e. The third kappa shape index (κ3) is 3.93. The van der Waals surface area contributed by atoms with Gasteiger partial charge in [-0.2, -0.15) is 0 Å². The van der Waals surface area contributed by atoms with Crippen LogP contribution >= 0.6 is 0 Å². The minimum Gasteiger partial charge on any atom is -0.385 e. The van der Waals surface area contributed by atoms with Crippen molar-refractivity contribution in [3.05, 3.63) is 54.1 Å². The van der Waals surface area contributed by atoms with Crippen LogP contribution < -0.4 is 5.32 Å². The summed E-state index contributed by atoms with van der Waals surface area (Å²) in [6, 6.07) is 8.51. The fraction of sp³-hybridized carbons (Fsp3) is 0.333. The van der Waals surface area contributed by atoms with Gasteiger partial charge in [0.25, 0.3) is 0 Å². The molecule has 0 fully saturated rings. The molecule has 1 rings (SSSR count). The standard InChI is InChI=1S/C15H21N/c1-5-14-7-6-8-15(11-14)13(4)16-10-9-12(2)3/h6-8,11,16H,2,4-5,9-10H2,1,3H3. The molecule has 0 unspecified atom stereocenters. The topological polar surface area (TPSA) is 12.0 Å². The molecular formula is C15H21N. The Labute approximate surface area is 98.9 Å². The van der Waals surface area contributed by atoms with E-state index in [0.717, 1.165) is 25.1 Å². The van der Waals surface area contributed by atoms with E-state index in [1.807, 2.05) is 6.92 Å². The lowest BCUT2D eigenvalue weighted by atomic mass is 10.1. The van der Waals surface area contributed by atoms with Gasteiger partial charge in [0.2, 0.25) is 0 Å². The van der Waals surface area contributed by atoms with Gasteiger partial charge in [-0.3, -0.25) is 0 Å². The van der Waals surface area contributed by atoms with Crippen molar-refractivity contribution in [3.8, 4) is 0 Å². The van der Waals surface area contributed by atoms with E-state index in [-0.39, 0.29) is 0 Å². The molecule has 0 aliphatic rings. The zero-order valence-corrected chi connectivity index (χ0v) is 10.3.